The van der Waals surface area contributed by atoms with E-state index in [2.05, 4.69) is 20.4 Å². The number of anilines is 1. The highest BCUT2D eigenvalue weighted by Gasteiger charge is 2.18. The summed E-state index contributed by atoms with van der Waals surface area (Å²) in [4.78, 5) is 32.7. The summed E-state index contributed by atoms with van der Waals surface area (Å²) in [5.41, 5.74) is 1.89. The van der Waals surface area contributed by atoms with Crippen LogP contribution in [0.2, 0.25) is 0 Å². The molecule has 0 atom stereocenters. The van der Waals surface area contributed by atoms with E-state index in [1.807, 2.05) is 20.8 Å². The topological polar surface area (TPSA) is 115 Å². The molecule has 4 rings (SSSR count). The second-order valence-electron chi connectivity index (χ2n) is 7.76. The van der Waals surface area contributed by atoms with E-state index in [1.54, 1.807) is 49.4 Å². The van der Waals surface area contributed by atoms with Crippen LogP contribution in [0.5, 0.6) is 5.75 Å². The zero-order valence-electron chi connectivity index (χ0n) is 18.9. The second-order valence-corrected chi connectivity index (χ2v) is 7.76. The fourth-order valence-electron chi connectivity index (χ4n) is 3.43. The van der Waals surface area contributed by atoms with Crippen molar-refractivity contribution in [1.29, 1.82) is 0 Å². The minimum Gasteiger partial charge on any atom is -0.491 e. The number of ether oxygens (including phenoxy) is 1. The van der Waals surface area contributed by atoms with Crippen molar-refractivity contribution in [2.75, 3.05) is 5.32 Å². The number of nitrogens with zero attached hydrogens (tertiary/aromatic N) is 3. The van der Waals surface area contributed by atoms with Gasteiger partial charge in [0.05, 0.1) is 12.4 Å². The lowest BCUT2D eigenvalue weighted by atomic mass is 10.2. The van der Waals surface area contributed by atoms with Crippen molar-refractivity contribution in [3.8, 4) is 23.2 Å². The van der Waals surface area contributed by atoms with E-state index in [4.69, 9.17) is 9.15 Å². The van der Waals surface area contributed by atoms with Crippen LogP contribution in [-0.2, 0) is 6.42 Å². The van der Waals surface area contributed by atoms with E-state index in [0.29, 0.717) is 46.3 Å². The number of hydrogen-bond acceptors (Lipinski definition) is 6. The molecular weight excluding hydrogens is 422 g/mol. The van der Waals surface area contributed by atoms with Crippen LogP contribution in [0.4, 0.5) is 5.82 Å². The highest BCUT2D eigenvalue weighted by atomic mass is 16.5. The molecule has 4 aromatic rings. The second kappa shape index (κ2) is 9.15. The number of carbonyl (C=O) groups excluding carboxylic acids is 1. The average molecular weight is 447 g/mol. The van der Waals surface area contributed by atoms with Crippen molar-refractivity contribution in [1.82, 2.24) is 19.7 Å². The lowest BCUT2D eigenvalue weighted by molar-refractivity contribution is 0.102. The number of amides is 1. The summed E-state index contributed by atoms with van der Waals surface area (Å²) >= 11 is 0. The van der Waals surface area contributed by atoms with Gasteiger partial charge in [0.25, 0.3) is 11.5 Å². The molecule has 33 heavy (non-hydrogen) atoms. The predicted molar refractivity (Wildman–Crippen MR) is 124 cm³/mol. The highest BCUT2D eigenvalue weighted by molar-refractivity contribution is 6.04. The van der Waals surface area contributed by atoms with Crippen LogP contribution < -0.4 is 15.6 Å². The van der Waals surface area contributed by atoms with Gasteiger partial charge in [-0.05, 0) is 63.6 Å². The van der Waals surface area contributed by atoms with E-state index in [1.165, 1.54) is 10.9 Å². The summed E-state index contributed by atoms with van der Waals surface area (Å²) < 4.78 is 12.5. The Morgan fingerprint density at radius 3 is 2.61 bits per heavy atom. The van der Waals surface area contributed by atoms with E-state index in [-0.39, 0.29) is 23.5 Å². The molecule has 9 heteroatoms. The third kappa shape index (κ3) is 4.72. The van der Waals surface area contributed by atoms with E-state index in [0.717, 1.165) is 0 Å². The van der Waals surface area contributed by atoms with Crippen molar-refractivity contribution in [2.45, 2.75) is 40.2 Å². The Bertz CT molecular complexity index is 1320. The Hall–Kier alpha value is -4.14. The number of nitrogens with one attached hydrogen (secondary N) is 2. The van der Waals surface area contributed by atoms with Crippen molar-refractivity contribution in [2.24, 2.45) is 0 Å². The molecular formula is C24H25N5O4. The molecule has 2 N–H and O–H groups in total. The number of benzene rings is 1. The number of aryl methyl sites for hydroxylation is 1. The third-order valence-electron chi connectivity index (χ3n) is 4.98. The van der Waals surface area contributed by atoms with Crippen molar-refractivity contribution in [3.63, 3.8) is 0 Å². The normalized spacial score (nSPS) is 11.1. The van der Waals surface area contributed by atoms with Crippen molar-refractivity contribution < 1.29 is 13.9 Å². The van der Waals surface area contributed by atoms with Crippen LogP contribution in [-0.4, -0.2) is 31.8 Å². The molecule has 3 aromatic heterocycles. The standard InChI is InChI=1S/C24H25N5O4/c1-5-18-15(4)25-24(27-23(18)31)29-21(13-19(28-29)20-7-6-12-32-20)26-22(30)16-8-10-17(11-9-16)33-14(2)3/h6-14H,5H2,1-4H3,(H,26,30)(H,25,27,31). The smallest absolute Gasteiger partial charge is 0.256 e. The fourth-order valence-corrected chi connectivity index (χ4v) is 3.43. The van der Waals surface area contributed by atoms with Gasteiger partial charge in [0.15, 0.2) is 5.76 Å². The predicted octanol–water partition coefficient (Wildman–Crippen LogP) is 4.13. The number of furan rings is 1. The molecule has 0 aliphatic carbocycles. The van der Waals surface area contributed by atoms with Gasteiger partial charge in [-0.1, -0.05) is 6.92 Å². The summed E-state index contributed by atoms with van der Waals surface area (Å²) in [5.74, 6) is 1.38. The molecule has 0 aliphatic heterocycles. The molecule has 170 valence electrons. The molecule has 0 unspecified atom stereocenters. The molecule has 9 nitrogen and oxygen atoms in total. The Balaban J connectivity index is 1.70. The van der Waals surface area contributed by atoms with Crippen LogP contribution >= 0.6 is 0 Å². The Kier molecular flexibility index (Phi) is 6.12. The first kappa shape index (κ1) is 22.1. The minimum atomic E-state index is -0.345. The number of H-pyrrole nitrogens is 1. The molecule has 1 aromatic carbocycles. The molecule has 0 spiro atoms. The molecule has 3 heterocycles. The summed E-state index contributed by atoms with van der Waals surface area (Å²) in [7, 11) is 0. The molecule has 0 fully saturated rings. The van der Waals surface area contributed by atoms with Crippen molar-refractivity contribution in [3.05, 3.63) is 75.9 Å². The van der Waals surface area contributed by atoms with Gasteiger partial charge in [-0.2, -0.15) is 9.78 Å². The number of aromatic nitrogens is 4. The maximum absolute atomic E-state index is 13.0. The van der Waals surface area contributed by atoms with Gasteiger partial charge < -0.3 is 14.5 Å². The maximum atomic E-state index is 13.0. The third-order valence-corrected chi connectivity index (χ3v) is 4.98. The molecule has 0 saturated carbocycles. The summed E-state index contributed by atoms with van der Waals surface area (Å²) in [6, 6.07) is 12.0. The largest absolute Gasteiger partial charge is 0.491 e. The summed E-state index contributed by atoms with van der Waals surface area (Å²) in [5, 5.41) is 7.36. The van der Waals surface area contributed by atoms with Gasteiger partial charge in [0.1, 0.15) is 17.3 Å². The first-order chi connectivity index (χ1) is 15.9. The molecule has 0 bridgehead atoms. The fraction of sp³-hybridized carbons (Fsp3) is 0.250. The van der Waals surface area contributed by atoms with Gasteiger partial charge >= 0.3 is 0 Å². The lowest BCUT2D eigenvalue weighted by Gasteiger charge is -2.11. The van der Waals surface area contributed by atoms with E-state index >= 15 is 0 Å². The van der Waals surface area contributed by atoms with Gasteiger partial charge in [-0.25, -0.2) is 4.98 Å². The molecule has 0 radical (unpaired) electrons. The van der Waals surface area contributed by atoms with Gasteiger partial charge in [0, 0.05) is 22.9 Å². The summed E-state index contributed by atoms with van der Waals surface area (Å²) in [6.45, 7) is 7.54. The van der Waals surface area contributed by atoms with Crippen LogP contribution in [0.25, 0.3) is 17.4 Å². The highest BCUT2D eigenvalue weighted by Crippen LogP contribution is 2.25. The number of carbonyl (C=O) groups is 1. The molecule has 0 saturated heterocycles. The zero-order chi connectivity index (χ0) is 23.5. The minimum absolute atomic E-state index is 0.0382. The zero-order valence-corrected chi connectivity index (χ0v) is 18.9. The first-order valence-electron chi connectivity index (χ1n) is 10.7. The number of rotatable bonds is 7. The van der Waals surface area contributed by atoms with Gasteiger partial charge in [-0.3, -0.25) is 14.6 Å². The van der Waals surface area contributed by atoms with Crippen LogP contribution in [0, 0.1) is 6.92 Å². The van der Waals surface area contributed by atoms with Gasteiger partial charge in [0.2, 0.25) is 5.95 Å². The Labute approximate surface area is 190 Å². The van der Waals surface area contributed by atoms with Crippen LogP contribution in [0.15, 0.2) is 57.9 Å². The number of hydrogen-bond donors (Lipinski definition) is 2. The molecule has 1 amide bonds. The lowest BCUT2D eigenvalue weighted by Crippen LogP contribution is -2.22. The maximum Gasteiger partial charge on any atom is 0.256 e. The van der Waals surface area contributed by atoms with Crippen LogP contribution in [0.3, 0.4) is 0 Å². The monoisotopic (exact) mass is 447 g/mol. The molecule has 0 aliphatic rings. The van der Waals surface area contributed by atoms with Gasteiger partial charge in [-0.15, -0.1) is 0 Å². The summed E-state index contributed by atoms with van der Waals surface area (Å²) in [6.07, 6.45) is 2.13. The van der Waals surface area contributed by atoms with Crippen molar-refractivity contribution >= 4 is 11.7 Å². The van der Waals surface area contributed by atoms with E-state index in [9.17, 15) is 9.59 Å². The average Bonchev–Trinajstić information content (AvgIpc) is 3.43. The number of aromatic amines is 1. The van der Waals surface area contributed by atoms with E-state index < -0.39 is 0 Å². The SMILES string of the molecule is CCc1c(C)nc(-n2nc(-c3ccco3)cc2NC(=O)c2ccc(OC(C)C)cc2)[nH]c1=O. The first-order valence-corrected chi connectivity index (χ1v) is 10.7. The Morgan fingerprint density at radius 2 is 2.00 bits per heavy atom. The quantitative estimate of drug-likeness (QED) is 0.440. The Morgan fingerprint density at radius 1 is 1.24 bits per heavy atom. The van der Waals surface area contributed by atoms with Crippen LogP contribution in [0.1, 0.15) is 42.4 Å².